The molecule has 0 radical (unpaired) electrons. The van der Waals surface area contributed by atoms with Gasteiger partial charge in [-0.1, -0.05) is 0 Å². The summed E-state index contributed by atoms with van der Waals surface area (Å²) in [6.45, 7) is 2.10. The minimum Gasteiger partial charge on any atom is -0.504 e. The second-order valence-corrected chi connectivity index (χ2v) is 4.92. The van der Waals surface area contributed by atoms with Crippen molar-refractivity contribution in [3.05, 3.63) is 48.0 Å². The molecule has 0 unspecified atom stereocenters. The van der Waals surface area contributed by atoms with E-state index in [-0.39, 0.29) is 12.4 Å². The summed E-state index contributed by atoms with van der Waals surface area (Å²) >= 11 is 0. The summed E-state index contributed by atoms with van der Waals surface area (Å²) in [5.41, 5.74) is 3.05. The molecule has 0 aliphatic carbocycles. The molecule has 0 saturated heterocycles. The number of benzene rings is 2. The van der Waals surface area contributed by atoms with Crippen molar-refractivity contribution in [3.8, 4) is 23.0 Å². The number of phenolic OH excluding ortho intramolecular Hbond substituents is 1. The number of hydrogen-bond donors (Lipinski definition) is 2. The fourth-order valence-corrected chi connectivity index (χ4v) is 1.91. The number of methoxy groups -OCH3 is 1. The lowest BCUT2D eigenvalue weighted by molar-refractivity contribution is -0.123. The summed E-state index contributed by atoms with van der Waals surface area (Å²) in [6.07, 6.45) is 1.45. The molecule has 7 nitrogen and oxygen atoms in total. The van der Waals surface area contributed by atoms with E-state index in [1.165, 1.54) is 12.3 Å². The van der Waals surface area contributed by atoms with Crippen LogP contribution in [0.15, 0.2) is 47.6 Å². The summed E-state index contributed by atoms with van der Waals surface area (Å²) in [4.78, 5) is 11.7. The number of aromatic hydroxyl groups is 1. The van der Waals surface area contributed by atoms with E-state index < -0.39 is 5.91 Å². The molecule has 1 amide bonds. The van der Waals surface area contributed by atoms with Crippen molar-refractivity contribution in [2.24, 2.45) is 5.10 Å². The number of hydrazone groups is 1. The predicted octanol–water partition coefficient (Wildman–Crippen LogP) is 2.33. The van der Waals surface area contributed by atoms with Gasteiger partial charge in [-0.3, -0.25) is 4.79 Å². The van der Waals surface area contributed by atoms with Gasteiger partial charge < -0.3 is 19.3 Å². The molecule has 2 N–H and O–H groups in total. The number of hydrogen-bond acceptors (Lipinski definition) is 6. The van der Waals surface area contributed by atoms with Gasteiger partial charge in [0.1, 0.15) is 11.5 Å². The van der Waals surface area contributed by atoms with Crippen molar-refractivity contribution in [1.82, 2.24) is 5.43 Å². The minimum absolute atomic E-state index is 0.0518. The van der Waals surface area contributed by atoms with Crippen LogP contribution >= 0.6 is 0 Å². The molecule has 0 saturated carbocycles. The zero-order valence-corrected chi connectivity index (χ0v) is 14.1. The Kier molecular flexibility index (Phi) is 6.65. The smallest absolute Gasteiger partial charge is 0.277 e. The Balaban J connectivity index is 1.82. The zero-order chi connectivity index (χ0) is 18.1. The highest BCUT2D eigenvalue weighted by atomic mass is 16.5. The van der Waals surface area contributed by atoms with Crippen molar-refractivity contribution < 1.29 is 24.1 Å². The van der Waals surface area contributed by atoms with Crippen molar-refractivity contribution in [2.75, 3.05) is 20.3 Å². The van der Waals surface area contributed by atoms with Crippen LogP contribution in [0.2, 0.25) is 0 Å². The molecule has 2 rings (SSSR count). The number of carbonyl (C=O) groups excluding carboxylic acids is 1. The van der Waals surface area contributed by atoms with E-state index in [9.17, 15) is 9.90 Å². The summed E-state index contributed by atoms with van der Waals surface area (Å²) in [7, 11) is 1.58. The number of nitrogens with zero attached hydrogens (tertiary/aromatic N) is 1. The fourth-order valence-electron chi connectivity index (χ4n) is 1.91. The number of nitrogens with one attached hydrogen (secondary N) is 1. The number of amides is 1. The van der Waals surface area contributed by atoms with Crippen LogP contribution < -0.4 is 19.6 Å². The van der Waals surface area contributed by atoms with Crippen molar-refractivity contribution in [1.29, 1.82) is 0 Å². The Hall–Kier alpha value is -3.22. The largest absolute Gasteiger partial charge is 0.504 e. The molecule has 0 atom stereocenters. The third-order valence-electron chi connectivity index (χ3n) is 3.12. The summed E-state index contributed by atoms with van der Waals surface area (Å²) in [6, 6.07) is 11.7. The Labute approximate surface area is 145 Å². The maximum Gasteiger partial charge on any atom is 0.277 e. The quantitative estimate of drug-likeness (QED) is 0.567. The maximum atomic E-state index is 11.7. The van der Waals surface area contributed by atoms with Gasteiger partial charge in [0.05, 0.1) is 19.9 Å². The normalized spacial score (nSPS) is 10.5. The van der Waals surface area contributed by atoms with Gasteiger partial charge >= 0.3 is 0 Å². The van der Waals surface area contributed by atoms with E-state index in [4.69, 9.17) is 14.2 Å². The summed E-state index contributed by atoms with van der Waals surface area (Å²) < 4.78 is 15.7. The molecule has 0 spiro atoms. The molecule has 25 heavy (non-hydrogen) atoms. The van der Waals surface area contributed by atoms with Crippen LogP contribution in [-0.2, 0) is 4.79 Å². The van der Waals surface area contributed by atoms with Gasteiger partial charge in [-0.25, -0.2) is 5.43 Å². The number of ether oxygens (including phenoxy) is 3. The summed E-state index contributed by atoms with van der Waals surface area (Å²) in [5.74, 6) is 1.29. The van der Waals surface area contributed by atoms with E-state index >= 15 is 0 Å². The molecular weight excluding hydrogens is 324 g/mol. The summed E-state index contributed by atoms with van der Waals surface area (Å²) in [5, 5.41) is 13.5. The molecule has 2 aromatic carbocycles. The first-order valence-corrected chi connectivity index (χ1v) is 7.67. The molecule has 0 heterocycles. The first-order chi connectivity index (χ1) is 12.1. The van der Waals surface area contributed by atoms with Crippen molar-refractivity contribution >= 4 is 12.1 Å². The highest BCUT2D eigenvalue weighted by molar-refractivity contribution is 5.83. The van der Waals surface area contributed by atoms with Gasteiger partial charge in [0, 0.05) is 0 Å². The van der Waals surface area contributed by atoms with Gasteiger partial charge in [-0.15, -0.1) is 0 Å². The van der Waals surface area contributed by atoms with Gasteiger partial charge in [-0.05, 0) is 55.0 Å². The minimum atomic E-state index is -0.393. The lowest BCUT2D eigenvalue weighted by Gasteiger charge is -2.06. The molecule has 0 aliphatic rings. The third kappa shape index (κ3) is 5.72. The van der Waals surface area contributed by atoms with Crippen LogP contribution in [0.1, 0.15) is 12.5 Å². The molecule has 0 bridgehead atoms. The molecule has 0 aromatic heterocycles. The third-order valence-corrected chi connectivity index (χ3v) is 3.12. The molecular formula is C18H20N2O5. The van der Waals surface area contributed by atoms with Gasteiger partial charge in [0.15, 0.2) is 18.1 Å². The topological polar surface area (TPSA) is 89.4 Å². The molecule has 2 aromatic rings. The lowest BCUT2D eigenvalue weighted by Crippen LogP contribution is -2.24. The first-order valence-electron chi connectivity index (χ1n) is 7.67. The van der Waals surface area contributed by atoms with Crippen LogP contribution in [0.25, 0.3) is 0 Å². The van der Waals surface area contributed by atoms with Gasteiger partial charge in [0.25, 0.3) is 5.91 Å². The SMILES string of the molecule is CCOc1cc(/C=N/NC(=O)COc2ccc(OC)cc2)ccc1O. The Bertz CT molecular complexity index is 729. The molecule has 132 valence electrons. The van der Waals surface area contributed by atoms with Crippen LogP contribution in [0.5, 0.6) is 23.0 Å². The van der Waals surface area contributed by atoms with E-state index in [0.717, 1.165) is 0 Å². The van der Waals surface area contributed by atoms with E-state index in [2.05, 4.69) is 10.5 Å². The van der Waals surface area contributed by atoms with E-state index in [1.807, 2.05) is 6.92 Å². The van der Waals surface area contributed by atoms with E-state index in [1.54, 1.807) is 43.5 Å². The highest BCUT2D eigenvalue weighted by Gasteiger charge is 2.03. The Morgan fingerprint density at radius 2 is 1.88 bits per heavy atom. The van der Waals surface area contributed by atoms with Crippen LogP contribution in [0.3, 0.4) is 0 Å². The highest BCUT2D eigenvalue weighted by Crippen LogP contribution is 2.26. The average Bonchev–Trinajstić information content (AvgIpc) is 2.63. The van der Waals surface area contributed by atoms with Crippen molar-refractivity contribution in [3.63, 3.8) is 0 Å². The Morgan fingerprint density at radius 3 is 2.56 bits per heavy atom. The standard InChI is InChI=1S/C18H20N2O5/c1-3-24-17-10-13(4-9-16(17)21)11-19-20-18(22)12-25-15-7-5-14(23-2)6-8-15/h4-11,21H,3,12H2,1-2H3,(H,20,22)/b19-11+. The zero-order valence-electron chi connectivity index (χ0n) is 14.1. The monoisotopic (exact) mass is 344 g/mol. The average molecular weight is 344 g/mol. The van der Waals surface area contributed by atoms with Crippen molar-refractivity contribution in [2.45, 2.75) is 6.92 Å². The number of phenols is 1. The second-order valence-electron chi connectivity index (χ2n) is 4.92. The van der Waals surface area contributed by atoms with Gasteiger partial charge in [-0.2, -0.15) is 5.10 Å². The lowest BCUT2D eigenvalue weighted by atomic mass is 10.2. The first kappa shape index (κ1) is 18.1. The predicted molar refractivity (Wildman–Crippen MR) is 93.5 cm³/mol. The van der Waals surface area contributed by atoms with Crippen LogP contribution in [-0.4, -0.2) is 37.6 Å². The fraction of sp³-hybridized carbons (Fsp3) is 0.222. The number of carbonyl (C=O) groups is 1. The Morgan fingerprint density at radius 1 is 1.16 bits per heavy atom. The number of rotatable bonds is 8. The molecule has 0 fully saturated rings. The van der Waals surface area contributed by atoms with Crippen LogP contribution in [0.4, 0.5) is 0 Å². The van der Waals surface area contributed by atoms with E-state index in [0.29, 0.717) is 29.4 Å². The van der Waals surface area contributed by atoms with Gasteiger partial charge in [0.2, 0.25) is 0 Å². The second kappa shape index (κ2) is 9.17. The molecule has 7 heteroatoms. The molecule has 0 aliphatic heterocycles. The van der Waals surface area contributed by atoms with Crippen LogP contribution in [0, 0.1) is 0 Å². The maximum absolute atomic E-state index is 11.7.